The van der Waals surface area contributed by atoms with Gasteiger partial charge in [0.1, 0.15) is 5.75 Å². The Labute approximate surface area is 124 Å². The van der Waals surface area contributed by atoms with E-state index < -0.39 is 0 Å². The molecule has 1 aliphatic heterocycles. The summed E-state index contributed by atoms with van der Waals surface area (Å²) in [6.07, 6.45) is 0. The molecule has 0 amide bonds. The molecule has 0 radical (unpaired) electrons. The molecule has 1 atom stereocenters. The van der Waals surface area contributed by atoms with E-state index in [1.807, 2.05) is 37.3 Å². The molecule has 21 heavy (non-hydrogen) atoms. The van der Waals surface area contributed by atoms with Gasteiger partial charge in [-0.1, -0.05) is 30.3 Å². The van der Waals surface area contributed by atoms with Gasteiger partial charge in [0.25, 0.3) is 0 Å². The van der Waals surface area contributed by atoms with E-state index in [1.165, 1.54) is 0 Å². The van der Waals surface area contributed by atoms with Crippen molar-refractivity contribution in [2.45, 2.75) is 13.0 Å². The third kappa shape index (κ3) is 2.64. The molecule has 1 saturated heterocycles. The summed E-state index contributed by atoms with van der Waals surface area (Å²) in [7, 11) is 0. The lowest BCUT2D eigenvalue weighted by molar-refractivity contribution is 0.0819. The van der Waals surface area contributed by atoms with Crippen molar-refractivity contribution in [2.24, 2.45) is 0 Å². The maximum atomic E-state index is 12.9. The molecule has 1 fully saturated rings. The molecule has 0 aromatic heterocycles. The van der Waals surface area contributed by atoms with Crippen LogP contribution in [0.25, 0.3) is 10.8 Å². The number of hydrogen-bond acceptors (Lipinski definition) is 4. The number of benzene rings is 2. The molecular formula is C17H20N2O2. The number of hydrogen-bond donors (Lipinski definition) is 2. The van der Waals surface area contributed by atoms with E-state index in [9.17, 15) is 9.90 Å². The highest BCUT2D eigenvalue weighted by Crippen LogP contribution is 2.29. The first-order valence-electron chi connectivity index (χ1n) is 7.38. The maximum absolute atomic E-state index is 12.9. The zero-order valence-corrected chi connectivity index (χ0v) is 12.2. The second-order valence-electron chi connectivity index (χ2n) is 5.51. The number of rotatable bonds is 3. The van der Waals surface area contributed by atoms with Crippen molar-refractivity contribution in [1.82, 2.24) is 10.2 Å². The summed E-state index contributed by atoms with van der Waals surface area (Å²) in [6, 6.07) is 10.9. The third-order valence-corrected chi connectivity index (χ3v) is 4.23. The van der Waals surface area contributed by atoms with Gasteiger partial charge in [-0.2, -0.15) is 0 Å². The molecule has 4 heteroatoms. The van der Waals surface area contributed by atoms with E-state index in [1.54, 1.807) is 6.07 Å². The topological polar surface area (TPSA) is 52.6 Å². The summed E-state index contributed by atoms with van der Waals surface area (Å²) < 4.78 is 0. The number of Topliss-reactive ketones (excluding diaryl/α,β-unsaturated/α-hetero) is 1. The van der Waals surface area contributed by atoms with E-state index in [-0.39, 0.29) is 17.6 Å². The second-order valence-corrected chi connectivity index (χ2v) is 5.51. The number of phenols is 1. The number of carbonyl (C=O) groups is 1. The predicted octanol–water partition coefficient (Wildman–Crippen LogP) is 2.02. The van der Waals surface area contributed by atoms with Crippen molar-refractivity contribution in [2.75, 3.05) is 26.2 Å². The molecule has 0 bridgehead atoms. The lowest BCUT2D eigenvalue weighted by Crippen LogP contribution is -2.50. The van der Waals surface area contributed by atoms with E-state index >= 15 is 0 Å². The largest absolute Gasteiger partial charge is 0.507 e. The van der Waals surface area contributed by atoms with Gasteiger partial charge in [0, 0.05) is 26.2 Å². The minimum atomic E-state index is -0.219. The van der Waals surface area contributed by atoms with Gasteiger partial charge in [0.15, 0.2) is 5.78 Å². The van der Waals surface area contributed by atoms with Crippen LogP contribution >= 0.6 is 0 Å². The number of nitrogens with zero attached hydrogens (tertiary/aromatic N) is 1. The minimum absolute atomic E-state index is 0.00815. The summed E-state index contributed by atoms with van der Waals surface area (Å²) in [6.45, 7) is 5.45. The van der Waals surface area contributed by atoms with E-state index in [0.29, 0.717) is 5.56 Å². The Hall–Kier alpha value is -1.91. The second kappa shape index (κ2) is 5.84. The molecule has 1 aliphatic rings. The fourth-order valence-corrected chi connectivity index (χ4v) is 2.96. The van der Waals surface area contributed by atoms with Gasteiger partial charge in [-0.05, 0) is 23.8 Å². The van der Waals surface area contributed by atoms with E-state index in [4.69, 9.17) is 0 Å². The fourth-order valence-electron chi connectivity index (χ4n) is 2.96. The molecule has 1 unspecified atom stereocenters. The van der Waals surface area contributed by atoms with Crippen LogP contribution in [0.4, 0.5) is 0 Å². The highest BCUT2D eigenvalue weighted by atomic mass is 16.3. The van der Waals surface area contributed by atoms with Crippen LogP contribution in [-0.4, -0.2) is 48.0 Å². The Morgan fingerprint density at radius 2 is 1.90 bits per heavy atom. The molecule has 1 heterocycles. The lowest BCUT2D eigenvalue weighted by Gasteiger charge is -2.32. The molecule has 2 aromatic rings. The Morgan fingerprint density at radius 3 is 2.67 bits per heavy atom. The highest BCUT2D eigenvalue weighted by Gasteiger charge is 2.26. The molecule has 0 spiro atoms. The Balaban J connectivity index is 1.99. The minimum Gasteiger partial charge on any atom is -0.507 e. The Morgan fingerprint density at radius 1 is 1.19 bits per heavy atom. The standard InChI is InChI=1S/C17H20N2O2/c1-12(19-10-8-18-9-11-19)17(21)16-14-5-3-2-4-13(14)6-7-15(16)20/h2-7,12,18,20H,8-11H2,1H3. The Bertz CT molecular complexity index is 663. The normalized spacial score (nSPS) is 17.8. The van der Waals surface area contributed by atoms with Crippen molar-refractivity contribution in [3.63, 3.8) is 0 Å². The zero-order valence-electron chi connectivity index (χ0n) is 12.2. The van der Waals surface area contributed by atoms with Crippen LogP contribution < -0.4 is 5.32 Å². The van der Waals surface area contributed by atoms with Gasteiger partial charge in [-0.15, -0.1) is 0 Å². The number of piperazine rings is 1. The molecule has 3 rings (SSSR count). The summed E-state index contributed by atoms with van der Waals surface area (Å²) in [5.74, 6) is 0.0619. The molecule has 2 aromatic carbocycles. The van der Waals surface area contributed by atoms with Gasteiger partial charge >= 0.3 is 0 Å². The monoisotopic (exact) mass is 284 g/mol. The summed E-state index contributed by atoms with van der Waals surface area (Å²) in [5.41, 5.74) is 0.444. The molecule has 4 nitrogen and oxygen atoms in total. The van der Waals surface area contributed by atoms with Crippen LogP contribution in [0.2, 0.25) is 0 Å². The van der Waals surface area contributed by atoms with Crippen LogP contribution in [-0.2, 0) is 0 Å². The molecule has 2 N–H and O–H groups in total. The van der Waals surface area contributed by atoms with Crippen LogP contribution in [0.15, 0.2) is 36.4 Å². The average molecular weight is 284 g/mol. The quantitative estimate of drug-likeness (QED) is 0.847. The predicted molar refractivity (Wildman–Crippen MR) is 83.8 cm³/mol. The number of phenolic OH excluding ortho intramolecular Hbond substituents is 1. The van der Waals surface area contributed by atoms with Crippen molar-refractivity contribution in [3.8, 4) is 5.75 Å². The summed E-state index contributed by atoms with van der Waals surface area (Å²) in [4.78, 5) is 15.0. The van der Waals surface area contributed by atoms with Crippen molar-refractivity contribution < 1.29 is 9.90 Å². The number of fused-ring (bicyclic) bond motifs is 1. The van der Waals surface area contributed by atoms with Crippen LogP contribution in [0.5, 0.6) is 5.75 Å². The van der Waals surface area contributed by atoms with Gasteiger partial charge in [-0.3, -0.25) is 9.69 Å². The smallest absolute Gasteiger partial charge is 0.184 e. The summed E-state index contributed by atoms with van der Waals surface area (Å²) in [5, 5.41) is 15.3. The van der Waals surface area contributed by atoms with Gasteiger partial charge < -0.3 is 10.4 Å². The Kier molecular flexibility index (Phi) is 3.90. The first-order chi connectivity index (χ1) is 10.2. The first kappa shape index (κ1) is 14.0. The summed E-state index contributed by atoms with van der Waals surface area (Å²) >= 11 is 0. The molecule has 0 saturated carbocycles. The van der Waals surface area contributed by atoms with Crippen molar-refractivity contribution in [3.05, 3.63) is 42.0 Å². The number of ketones is 1. The average Bonchev–Trinajstić information content (AvgIpc) is 2.54. The van der Waals surface area contributed by atoms with Gasteiger partial charge in [-0.25, -0.2) is 0 Å². The highest BCUT2D eigenvalue weighted by molar-refractivity contribution is 6.12. The van der Waals surface area contributed by atoms with E-state index in [2.05, 4.69) is 10.2 Å². The van der Waals surface area contributed by atoms with Crippen molar-refractivity contribution >= 4 is 16.6 Å². The first-order valence-corrected chi connectivity index (χ1v) is 7.38. The molecule has 110 valence electrons. The SMILES string of the molecule is CC(C(=O)c1c(O)ccc2ccccc12)N1CCNCC1. The maximum Gasteiger partial charge on any atom is 0.184 e. The molecular weight excluding hydrogens is 264 g/mol. The van der Waals surface area contributed by atoms with Crippen LogP contribution in [0.3, 0.4) is 0 Å². The van der Waals surface area contributed by atoms with E-state index in [0.717, 1.165) is 37.0 Å². The van der Waals surface area contributed by atoms with Gasteiger partial charge in [0.2, 0.25) is 0 Å². The zero-order chi connectivity index (χ0) is 14.8. The lowest BCUT2D eigenvalue weighted by atomic mass is 9.96. The third-order valence-electron chi connectivity index (χ3n) is 4.23. The number of aromatic hydroxyl groups is 1. The molecule has 0 aliphatic carbocycles. The number of nitrogens with one attached hydrogen (secondary N) is 1. The van der Waals surface area contributed by atoms with Crippen LogP contribution in [0.1, 0.15) is 17.3 Å². The number of carbonyl (C=O) groups excluding carboxylic acids is 1. The van der Waals surface area contributed by atoms with Gasteiger partial charge in [0.05, 0.1) is 11.6 Å². The van der Waals surface area contributed by atoms with Crippen molar-refractivity contribution in [1.29, 1.82) is 0 Å². The van der Waals surface area contributed by atoms with Crippen LogP contribution in [0, 0.1) is 0 Å². The fraction of sp³-hybridized carbons (Fsp3) is 0.353.